The van der Waals surface area contributed by atoms with Gasteiger partial charge >= 0.3 is 0 Å². The summed E-state index contributed by atoms with van der Waals surface area (Å²) in [5, 5.41) is 4.53. The maximum absolute atomic E-state index is 6.16. The van der Waals surface area contributed by atoms with Gasteiger partial charge < -0.3 is 4.42 Å². The lowest BCUT2D eigenvalue weighted by atomic mass is 9.74. The molecule has 0 fully saturated rings. The Morgan fingerprint density at radius 3 is 1.98 bits per heavy atom. The van der Waals surface area contributed by atoms with Gasteiger partial charge in [-0.25, -0.2) is 9.97 Å². The van der Waals surface area contributed by atoms with Gasteiger partial charge in [0.15, 0.2) is 5.82 Å². The largest absolute Gasteiger partial charge is 0.456 e. The molecule has 2 heterocycles. The van der Waals surface area contributed by atoms with Crippen molar-refractivity contribution in [2.24, 2.45) is 0 Å². The molecule has 0 aliphatic heterocycles. The minimum absolute atomic E-state index is 0.298. The molecule has 1 aliphatic carbocycles. The summed E-state index contributed by atoms with van der Waals surface area (Å²) in [6.45, 7) is 2.35. The maximum atomic E-state index is 6.16. The molecule has 1 aliphatic rings. The summed E-state index contributed by atoms with van der Waals surface area (Å²) in [6.07, 6.45) is 0. The number of hydrogen-bond acceptors (Lipinski definition) is 3. The second kappa shape index (κ2) is 10.6. The highest BCUT2D eigenvalue weighted by Gasteiger charge is 2.40. The fourth-order valence-corrected chi connectivity index (χ4v) is 7.82. The number of para-hydroxylation sites is 1. The number of furan rings is 1. The van der Waals surface area contributed by atoms with Gasteiger partial charge in [0, 0.05) is 32.9 Å². The highest BCUT2D eigenvalue weighted by molar-refractivity contribution is 6.06. The Bertz CT molecular complexity index is 2740. The second-order valence-electron chi connectivity index (χ2n) is 13.1. The summed E-state index contributed by atoms with van der Waals surface area (Å²) in [7, 11) is 0. The van der Waals surface area contributed by atoms with E-state index in [0.717, 1.165) is 55.4 Å². The van der Waals surface area contributed by atoms with E-state index in [-0.39, 0.29) is 5.41 Å². The lowest BCUT2D eigenvalue weighted by Gasteiger charge is -2.28. The molecule has 0 saturated carbocycles. The molecule has 3 nitrogen and oxygen atoms in total. The Hall–Kier alpha value is -6.32. The lowest BCUT2D eigenvalue weighted by molar-refractivity contribution is 0.669. The molecule has 0 N–H and O–H groups in total. The topological polar surface area (TPSA) is 38.9 Å². The van der Waals surface area contributed by atoms with Gasteiger partial charge in [0.2, 0.25) is 0 Å². The predicted octanol–water partition coefficient (Wildman–Crippen LogP) is 11.9. The normalized spacial score (nSPS) is 15.1. The average Bonchev–Trinajstić information content (AvgIpc) is 3.67. The van der Waals surface area contributed by atoms with Crippen molar-refractivity contribution >= 4 is 32.7 Å². The summed E-state index contributed by atoms with van der Waals surface area (Å²) in [6, 6.07) is 58.1. The Morgan fingerprint density at radius 1 is 0.449 bits per heavy atom. The van der Waals surface area contributed by atoms with Crippen LogP contribution < -0.4 is 0 Å². The van der Waals surface area contributed by atoms with Gasteiger partial charge in [0.05, 0.1) is 11.4 Å². The molecule has 1 unspecified atom stereocenters. The van der Waals surface area contributed by atoms with Crippen molar-refractivity contribution in [3.05, 3.63) is 180 Å². The first-order valence-corrected chi connectivity index (χ1v) is 16.7. The lowest BCUT2D eigenvalue weighted by Crippen LogP contribution is -2.22. The van der Waals surface area contributed by atoms with Crippen molar-refractivity contribution in [1.82, 2.24) is 9.97 Å². The molecule has 2 aromatic heterocycles. The Balaban J connectivity index is 1.19. The third-order valence-electron chi connectivity index (χ3n) is 10.4. The molecule has 7 aromatic carbocycles. The van der Waals surface area contributed by atoms with Crippen LogP contribution in [0.25, 0.3) is 77.7 Å². The molecule has 230 valence electrons. The molecule has 0 bridgehead atoms. The first-order chi connectivity index (χ1) is 24.1. The van der Waals surface area contributed by atoms with Gasteiger partial charge in [0.1, 0.15) is 11.2 Å². The van der Waals surface area contributed by atoms with Crippen LogP contribution in [-0.4, -0.2) is 9.97 Å². The summed E-state index contributed by atoms with van der Waals surface area (Å²) < 4.78 is 6.16. The third kappa shape index (κ3) is 4.29. The Morgan fingerprint density at radius 2 is 1.10 bits per heavy atom. The van der Waals surface area contributed by atoms with Gasteiger partial charge in [-0.05, 0) is 88.0 Å². The van der Waals surface area contributed by atoms with E-state index < -0.39 is 0 Å². The maximum Gasteiger partial charge on any atom is 0.160 e. The molecular formula is C46H30N2O. The van der Waals surface area contributed by atoms with Crippen molar-refractivity contribution < 1.29 is 4.42 Å². The first-order valence-electron chi connectivity index (χ1n) is 16.7. The molecule has 0 radical (unpaired) electrons. The minimum Gasteiger partial charge on any atom is -0.456 e. The zero-order valence-corrected chi connectivity index (χ0v) is 26.9. The molecule has 1 atom stereocenters. The molecule has 3 heteroatoms. The molecule has 0 spiro atoms. The number of hydrogen-bond donors (Lipinski definition) is 0. The van der Waals surface area contributed by atoms with Crippen LogP contribution in [0, 0.1) is 0 Å². The highest BCUT2D eigenvalue weighted by atomic mass is 16.3. The Kier molecular flexibility index (Phi) is 6.00. The van der Waals surface area contributed by atoms with Crippen molar-refractivity contribution in [1.29, 1.82) is 0 Å². The van der Waals surface area contributed by atoms with Gasteiger partial charge in [-0.2, -0.15) is 0 Å². The quantitative estimate of drug-likeness (QED) is 0.195. The summed E-state index contributed by atoms with van der Waals surface area (Å²) in [4.78, 5) is 10.5. The predicted molar refractivity (Wildman–Crippen MR) is 201 cm³/mol. The van der Waals surface area contributed by atoms with Crippen LogP contribution >= 0.6 is 0 Å². The number of fused-ring (bicyclic) bond motifs is 7. The zero-order valence-electron chi connectivity index (χ0n) is 26.9. The summed E-state index contributed by atoms with van der Waals surface area (Å²) in [5.74, 6) is 0.699. The SMILES string of the molecule is CC1(c2ccccc2)c2ccccc2-c2ccc(-c3cc(-c4ccc5oc6ccccc6c5c4)nc(-c4ccc5ccccc5c4)n3)cc21. The van der Waals surface area contributed by atoms with E-state index in [1.165, 1.54) is 33.2 Å². The highest BCUT2D eigenvalue weighted by Crippen LogP contribution is 2.53. The fraction of sp³-hybridized carbons (Fsp3) is 0.0435. The van der Waals surface area contributed by atoms with Gasteiger partial charge in [-0.15, -0.1) is 0 Å². The van der Waals surface area contributed by atoms with Crippen molar-refractivity contribution in [2.75, 3.05) is 0 Å². The van der Waals surface area contributed by atoms with Crippen LogP contribution in [-0.2, 0) is 5.41 Å². The monoisotopic (exact) mass is 626 g/mol. The average molecular weight is 627 g/mol. The number of aromatic nitrogens is 2. The number of rotatable bonds is 4. The second-order valence-corrected chi connectivity index (χ2v) is 13.1. The molecule has 0 amide bonds. The van der Waals surface area contributed by atoms with Crippen LogP contribution in [0.2, 0.25) is 0 Å². The molecule has 9 aromatic rings. The molecule has 0 saturated heterocycles. The zero-order chi connectivity index (χ0) is 32.5. The van der Waals surface area contributed by atoms with E-state index in [1.807, 2.05) is 12.1 Å². The van der Waals surface area contributed by atoms with E-state index in [0.29, 0.717) is 5.82 Å². The van der Waals surface area contributed by atoms with E-state index >= 15 is 0 Å². The number of nitrogens with zero attached hydrogens (tertiary/aromatic N) is 2. The van der Waals surface area contributed by atoms with E-state index in [2.05, 4.69) is 159 Å². The molecular weight excluding hydrogens is 597 g/mol. The van der Waals surface area contributed by atoms with Crippen LogP contribution in [0.15, 0.2) is 168 Å². The smallest absolute Gasteiger partial charge is 0.160 e. The van der Waals surface area contributed by atoms with Gasteiger partial charge in [-0.3, -0.25) is 0 Å². The summed E-state index contributed by atoms with van der Waals surface area (Å²) in [5.41, 5.74) is 12.7. The molecule has 49 heavy (non-hydrogen) atoms. The van der Waals surface area contributed by atoms with Crippen molar-refractivity contribution in [2.45, 2.75) is 12.3 Å². The first kappa shape index (κ1) is 27.8. The van der Waals surface area contributed by atoms with E-state index in [4.69, 9.17) is 14.4 Å². The van der Waals surface area contributed by atoms with Gasteiger partial charge in [0.25, 0.3) is 0 Å². The van der Waals surface area contributed by atoms with Crippen LogP contribution in [0.5, 0.6) is 0 Å². The number of benzene rings is 7. The van der Waals surface area contributed by atoms with Crippen molar-refractivity contribution in [3.63, 3.8) is 0 Å². The van der Waals surface area contributed by atoms with Crippen molar-refractivity contribution in [3.8, 4) is 45.0 Å². The van der Waals surface area contributed by atoms with E-state index in [9.17, 15) is 0 Å². The van der Waals surface area contributed by atoms with E-state index in [1.54, 1.807) is 0 Å². The Labute approximate surface area is 284 Å². The standard InChI is InChI=1S/C46H30N2O/c1-46(34-13-3-2-4-14-34)39-17-9-7-15-35(39)36-23-21-32(27-40(36)46)42-28-41(31-22-24-44-38(26-31)37-16-8-10-18-43(37)49-44)47-45(48-42)33-20-19-29-11-5-6-12-30(29)25-33/h2-28H,1H3. The minimum atomic E-state index is -0.298. The summed E-state index contributed by atoms with van der Waals surface area (Å²) >= 11 is 0. The third-order valence-corrected chi connectivity index (χ3v) is 10.4. The fourth-order valence-electron chi connectivity index (χ4n) is 7.82. The van der Waals surface area contributed by atoms with Crippen LogP contribution in [0.3, 0.4) is 0 Å². The van der Waals surface area contributed by atoms with Crippen LogP contribution in [0.4, 0.5) is 0 Å². The molecule has 10 rings (SSSR count). The van der Waals surface area contributed by atoms with Gasteiger partial charge in [-0.1, -0.05) is 121 Å². The van der Waals surface area contributed by atoms with Crippen LogP contribution in [0.1, 0.15) is 23.6 Å².